The van der Waals surface area contributed by atoms with E-state index in [0.29, 0.717) is 28.3 Å². The lowest BCUT2D eigenvalue weighted by Gasteiger charge is -2.14. The smallest absolute Gasteiger partial charge is 0.266 e. The molecule has 1 amide bonds. The molecule has 1 N–H and O–H groups in total. The average molecular weight is 438 g/mol. The number of nitrogens with one attached hydrogen (secondary N) is 1. The first-order chi connectivity index (χ1) is 15.1. The maximum absolute atomic E-state index is 13.4. The summed E-state index contributed by atoms with van der Waals surface area (Å²) in [5, 5.41) is 3.83. The predicted octanol–water partition coefficient (Wildman–Crippen LogP) is 4.62. The number of halogens is 1. The number of fused-ring (bicyclic) bond motifs is 1. The van der Waals surface area contributed by atoms with Crippen LogP contribution in [0, 0.1) is 5.82 Å². The van der Waals surface area contributed by atoms with Crippen LogP contribution >= 0.6 is 11.8 Å². The zero-order valence-corrected chi connectivity index (χ0v) is 18.0. The Labute approximate surface area is 184 Å². The Balaban J connectivity index is 1.51. The van der Waals surface area contributed by atoms with Crippen molar-refractivity contribution in [2.75, 3.05) is 12.3 Å². The maximum Gasteiger partial charge on any atom is 0.266 e. The van der Waals surface area contributed by atoms with Gasteiger partial charge in [-0.2, -0.15) is 0 Å². The predicted molar refractivity (Wildman–Crippen MR) is 122 cm³/mol. The largest absolute Gasteiger partial charge is 0.355 e. The zero-order valence-electron chi connectivity index (χ0n) is 17.1. The summed E-state index contributed by atoms with van der Waals surface area (Å²) < 4.78 is 14.8. The summed E-state index contributed by atoms with van der Waals surface area (Å²) in [6.07, 6.45) is 7.89. The summed E-state index contributed by atoms with van der Waals surface area (Å²) in [6.45, 7) is 0.612. The molecule has 0 atom stereocenters. The second-order valence-corrected chi connectivity index (χ2v) is 8.47. The van der Waals surface area contributed by atoms with Gasteiger partial charge in [0.2, 0.25) is 5.91 Å². The standard InChI is InChI=1S/C24H24FN3O2S/c25-18-10-12-19(13-11-18)28-23(30)20-8-4-5-9-21(20)27-24(28)31-16-22(29)26-15-14-17-6-2-1-3-7-17/h4-6,8-13H,1-3,7,14-16H2,(H,26,29). The van der Waals surface area contributed by atoms with Gasteiger partial charge in [-0.05, 0) is 68.5 Å². The number of allylic oxidation sites excluding steroid dienone is 1. The average Bonchev–Trinajstić information content (AvgIpc) is 2.79. The first-order valence-electron chi connectivity index (χ1n) is 10.5. The Morgan fingerprint density at radius 1 is 1.13 bits per heavy atom. The van der Waals surface area contributed by atoms with Crippen molar-refractivity contribution in [3.05, 3.63) is 76.4 Å². The molecule has 0 aliphatic heterocycles. The van der Waals surface area contributed by atoms with Gasteiger partial charge in [-0.25, -0.2) is 9.37 Å². The third kappa shape index (κ3) is 5.22. The first kappa shape index (κ1) is 21.3. The normalized spacial score (nSPS) is 13.8. The van der Waals surface area contributed by atoms with Crippen molar-refractivity contribution < 1.29 is 9.18 Å². The molecular weight excluding hydrogens is 413 g/mol. The van der Waals surface area contributed by atoms with E-state index >= 15 is 0 Å². The molecule has 1 aliphatic carbocycles. The van der Waals surface area contributed by atoms with Crippen LogP contribution in [0.4, 0.5) is 4.39 Å². The SMILES string of the molecule is O=C(CSc1nc2ccccc2c(=O)n1-c1ccc(F)cc1)NCCC1=CCCCC1. The summed E-state index contributed by atoms with van der Waals surface area (Å²) in [4.78, 5) is 30.1. The summed E-state index contributed by atoms with van der Waals surface area (Å²) in [5.74, 6) is -0.341. The monoisotopic (exact) mass is 437 g/mol. The number of para-hydroxylation sites is 1. The fourth-order valence-corrected chi connectivity index (χ4v) is 4.54. The molecule has 3 aromatic rings. The van der Waals surface area contributed by atoms with E-state index in [1.54, 1.807) is 18.2 Å². The molecule has 1 aliphatic rings. The minimum atomic E-state index is -0.382. The van der Waals surface area contributed by atoms with Crippen LogP contribution in [0.15, 0.2) is 70.1 Å². The molecule has 2 aromatic carbocycles. The van der Waals surface area contributed by atoms with Crippen LogP contribution in [0.3, 0.4) is 0 Å². The van der Waals surface area contributed by atoms with Crippen LogP contribution < -0.4 is 10.9 Å². The molecule has 0 fully saturated rings. The molecule has 0 unspecified atom stereocenters. The molecule has 0 bridgehead atoms. The number of nitrogens with zero attached hydrogens (tertiary/aromatic N) is 2. The minimum absolute atomic E-state index is 0.102. The van der Waals surface area contributed by atoms with Gasteiger partial charge >= 0.3 is 0 Å². The van der Waals surface area contributed by atoms with Crippen LogP contribution in [-0.2, 0) is 4.79 Å². The number of carbonyl (C=O) groups excluding carboxylic acids is 1. The molecule has 7 heteroatoms. The van der Waals surface area contributed by atoms with Crippen LogP contribution in [0.1, 0.15) is 32.1 Å². The van der Waals surface area contributed by atoms with Crippen molar-refractivity contribution >= 4 is 28.6 Å². The number of thioether (sulfide) groups is 1. The summed E-state index contributed by atoms with van der Waals surface area (Å²) >= 11 is 1.20. The molecule has 0 saturated carbocycles. The van der Waals surface area contributed by atoms with E-state index in [1.165, 1.54) is 59.0 Å². The van der Waals surface area contributed by atoms with Crippen molar-refractivity contribution in [3.63, 3.8) is 0 Å². The van der Waals surface area contributed by atoms with Gasteiger partial charge in [0, 0.05) is 6.54 Å². The highest BCUT2D eigenvalue weighted by atomic mass is 32.2. The molecule has 1 heterocycles. The number of aromatic nitrogens is 2. The van der Waals surface area contributed by atoms with Gasteiger partial charge in [0.1, 0.15) is 5.82 Å². The molecule has 4 rings (SSSR count). The molecule has 0 radical (unpaired) electrons. The Morgan fingerprint density at radius 2 is 1.94 bits per heavy atom. The second kappa shape index (κ2) is 9.92. The van der Waals surface area contributed by atoms with E-state index in [2.05, 4.69) is 16.4 Å². The number of hydrogen-bond acceptors (Lipinski definition) is 4. The molecule has 0 saturated heterocycles. The second-order valence-electron chi connectivity index (χ2n) is 7.53. The summed E-state index contributed by atoms with van der Waals surface area (Å²) in [5.41, 5.74) is 2.25. The molecule has 5 nitrogen and oxygen atoms in total. The van der Waals surface area contributed by atoms with Gasteiger partial charge in [0.05, 0.1) is 22.3 Å². The van der Waals surface area contributed by atoms with Crippen LogP contribution in [0.5, 0.6) is 0 Å². The molecule has 31 heavy (non-hydrogen) atoms. The Morgan fingerprint density at radius 3 is 2.71 bits per heavy atom. The lowest BCUT2D eigenvalue weighted by atomic mass is 9.97. The van der Waals surface area contributed by atoms with E-state index < -0.39 is 0 Å². The van der Waals surface area contributed by atoms with E-state index in [4.69, 9.17) is 0 Å². The van der Waals surface area contributed by atoms with Crippen LogP contribution in [0.25, 0.3) is 16.6 Å². The third-order valence-corrected chi connectivity index (χ3v) is 6.25. The highest BCUT2D eigenvalue weighted by molar-refractivity contribution is 7.99. The third-order valence-electron chi connectivity index (χ3n) is 5.32. The zero-order chi connectivity index (χ0) is 21.6. The van der Waals surface area contributed by atoms with Gasteiger partial charge in [0.15, 0.2) is 5.16 Å². The quantitative estimate of drug-likeness (QED) is 0.333. The Bertz CT molecular complexity index is 1170. The highest BCUT2D eigenvalue weighted by Crippen LogP contribution is 2.22. The molecule has 1 aromatic heterocycles. The lowest BCUT2D eigenvalue weighted by molar-refractivity contribution is -0.118. The number of amides is 1. The highest BCUT2D eigenvalue weighted by Gasteiger charge is 2.15. The van der Waals surface area contributed by atoms with Crippen LogP contribution in [-0.4, -0.2) is 27.8 Å². The van der Waals surface area contributed by atoms with E-state index in [-0.39, 0.29) is 23.0 Å². The van der Waals surface area contributed by atoms with E-state index in [1.807, 2.05) is 6.07 Å². The summed E-state index contributed by atoms with van der Waals surface area (Å²) in [7, 11) is 0. The number of benzene rings is 2. The van der Waals surface area contributed by atoms with Crippen molar-refractivity contribution in [3.8, 4) is 5.69 Å². The van der Waals surface area contributed by atoms with E-state index in [9.17, 15) is 14.0 Å². The van der Waals surface area contributed by atoms with Gasteiger partial charge in [-0.3, -0.25) is 14.2 Å². The van der Waals surface area contributed by atoms with Crippen LogP contribution in [0.2, 0.25) is 0 Å². The van der Waals surface area contributed by atoms with Gasteiger partial charge in [-0.1, -0.05) is 35.5 Å². The molecule has 160 valence electrons. The van der Waals surface area contributed by atoms with Gasteiger partial charge in [0.25, 0.3) is 5.56 Å². The van der Waals surface area contributed by atoms with Gasteiger partial charge in [-0.15, -0.1) is 0 Å². The van der Waals surface area contributed by atoms with Crippen molar-refractivity contribution in [1.29, 1.82) is 0 Å². The van der Waals surface area contributed by atoms with E-state index in [0.717, 1.165) is 19.3 Å². The maximum atomic E-state index is 13.4. The van der Waals surface area contributed by atoms with Crippen molar-refractivity contribution in [1.82, 2.24) is 14.9 Å². The molecule has 0 spiro atoms. The number of hydrogen-bond donors (Lipinski definition) is 1. The summed E-state index contributed by atoms with van der Waals surface area (Å²) in [6, 6.07) is 12.8. The first-order valence-corrected chi connectivity index (χ1v) is 11.5. The number of carbonyl (C=O) groups is 1. The topological polar surface area (TPSA) is 64.0 Å². The fraction of sp³-hybridized carbons (Fsp3) is 0.292. The fourth-order valence-electron chi connectivity index (χ4n) is 3.70. The lowest BCUT2D eigenvalue weighted by Crippen LogP contribution is -2.27. The molecular formula is C24H24FN3O2S. The Kier molecular flexibility index (Phi) is 6.82. The van der Waals surface area contributed by atoms with Crippen molar-refractivity contribution in [2.24, 2.45) is 0 Å². The minimum Gasteiger partial charge on any atom is -0.355 e. The van der Waals surface area contributed by atoms with Crippen molar-refractivity contribution in [2.45, 2.75) is 37.3 Å². The number of rotatable bonds is 7. The van der Waals surface area contributed by atoms with Gasteiger partial charge < -0.3 is 5.32 Å². The Hall–Kier alpha value is -2.93.